The summed E-state index contributed by atoms with van der Waals surface area (Å²) >= 11 is 0. The van der Waals surface area contributed by atoms with E-state index in [1.165, 1.54) is 6.08 Å². The lowest BCUT2D eigenvalue weighted by molar-refractivity contribution is -0.142. The molecule has 0 unspecified atom stereocenters. The second-order valence-corrected chi connectivity index (χ2v) is 4.14. The molecule has 1 rings (SSSR count). The van der Waals surface area contributed by atoms with Crippen molar-refractivity contribution in [2.24, 2.45) is 0 Å². The van der Waals surface area contributed by atoms with Crippen molar-refractivity contribution in [1.82, 2.24) is 0 Å². The Kier molecular flexibility index (Phi) is 6.82. The number of hydrogen-bond donors (Lipinski definition) is 0. The average Bonchev–Trinajstić information content (AvgIpc) is 2.49. The van der Waals surface area contributed by atoms with E-state index < -0.39 is 5.97 Å². The highest BCUT2D eigenvalue weighted by atomic mass is 16.5. The zero-order chi connectivity index (χ0) is 14.8. The highest BCUT2D eigenvalue weighted by Gasteiger charge is 2.11. The summed E-state index contributed by atoms with van der Waals surface area (Å²) in [5.41, 5.74) is 1.16. The van der Waals surface area contributed by atoms with Crippen LogP contribution in [0.15, 0.2) is 55.1 Å². The predicted octanol–water partition coefficient (Wildman–Crippen LogP) is 2.80. The molecule has 0 amide bonds. The molecule has 4 heteroatoms. The molecule has 4 nitrogen and oxygen atoms in total. The largest absolute Gasteiger partial charge is 0.461 e. The van der Waals surface area contributed by atoms with Crippen molar-refractivity contribution in [3.63, 3.8) is 0 Å². The summed E-state index contributed by atoms with van der Waals surface area (Å²) < 4.78 is 9.90. The zero-order valence-corrected chi connectivity index (χ0v) is 11.3. The van der Waals surface area contributed by atoms with E-state index in [9.17, 15) is 9.59 Å². The molecule has 0 aliphatic heterocycles. The molecule has 20 heavy (non-hydrogen) atoms. The molecule has 0 fully saturated rings. The molecule has 106 valence electrons. The Labute approximate surface area is 118 Å². The van der Waals surface area contributed by atoms with Crippen molar-refractivity contribution in [3.8, 4) is 0 Å². The van der Waals surface area contributed by atoms with Gasteiger partial charge >= 0.3 is 11.9 Å². The molecular formula is C16H18O4. The molecule has 1 aromatic rings. The van der Waals surface area contributed by atoms with Crippen LogP contribution in [0.2, 0.25) is 0 Å². The van der Waals surface area contributed by atoms with Crippen molar-refractivity contribution in [2.75, 3.05) is 6.61 Å². The van der Waals surface area contributed by atoms with Crippen LogP contribution in [0.4, 0.5) is 0 Å². The first kappa shape index (κ1) is 15.7. The number of carbonyl (C=O) groups excluding carboxylic acids is 2. The number of esters is 2. The third-order valence-electron chi connectivity index (χ3n) is 2.49. The van der Waals surface area contributed by atoms with Gasteiger partial charge in [-0.1, -0.05) is 49.6 Å². The second kappa shape index (κ2) is 8.69. The maximum atomic E-state index is 11.7. The first-order chi connectivity index (χ1) is 9.63. The lowest BCUT2D eigenvalue weighted by Gasteiger charge is -2.07. The van der Waals surface area contributed by atoms with E-state index in [1.807, 2.05) is 30.3 Å². The van der Waals surface area contributed by atoms with Gasteiger partial charge in [0.25, 0.3) is 0 Å². The van der Waals surface area contributed by atoms with Crippen LogP contribution in [0.5, 0.6) is 0 Å². The number of rotatable bonds is 8. The fraction of sp³-hybridized carbons (Fsp3) is 0.250. The Balaban J connectivity index is 2.27. The molecule has 0 spiro atoms. The normalized spacial score (nSPS) is 9.60. The Bertz CT molecular complexity index is 477. The van der Waals surface area contributed by atoms with Gasteiger partial charge in [-0.15, -0.1) is 0 Å². The minimum absolute atomic E-state index is 0.104. The number of hydrogen-bond acceptors (Lipinski definition) is 4. The maximum absolute atomic E-state index is 11.7. The molecule has 1 aromatic carbocycles. The average molecular weight is 274 g/mol. The van der Waals surface area contributed by atoms with Crippen molar-refractivity contribution in [1.29, 1.82) is 0 Å². The van der Waals surface area contributed by atoms with Crippen LogP contribution < -0.4 is 0 Å². The van der Waals surface area contributed by atoms with Crippen molar-refractivity contribution in [3.05, 3.63) is 60.7 Å². The Morgan fingerprint density at radius 3 is 2.45 bits per heavy atom. The van der Waals surface area contributed by atoms with E-state index in [0.717, 1.165) is 5.56 Å². The van der Waals surface area contributed by atoms with E-state index >= 15 is 0 Å². The molecule has 0 radical (unpaired) electrons. The van der Waals surface area contributed by atoms with Crippen LogP contribution in [0.3, 0.4) is 0 Å². The quantitative estimate of drug-likeness (QED) is 0.415. The smallest absolute Gasteiger partial charge is 0.333 e. The monoisotopic (exact) mass is 274 g/mol. The fourth-order valence-corrected chi connectivity index (χ4v) is 1.40. The minimum Gasteiger partial charge on any atom is -0.461 e. The van der Waals surface area contributed by atoms with Gasteiger partial charge in [0.05, 0.1) is 0 Å². The van der Waals surface area contributed by atoms with Crippen molar-refractivity contribution in [2.45, 2.75) is 19.4 Å². The standard InChI is InChI=1S/C16H18O4/c1-3-11-19-15(17)10-9-13(2)16(18)20-12-14-7-5-4-6-8-14/h3-8H,1-2,9-12H2. The van der Waals surface area contributed by atoms with Gasteiger partial charge in [0, 0.05) is 12.0 Å². The number of ether oxygens (including phenoxy) is 2. The SMILES string of the molecule is C=CCOC(=O)CCC(=C)C(=O)OCc1ccccc1. The summed E-state index contributed by atoms with van der Waals surface area (Å²) in [7, 11) is 0. The molecule has 0 aliphatic carbocycles. The summed E-state index contributed by atoms with van der Waals surface area (Å²) in [4.78, 5) is 22.9. The molecule has 0 aliphatic rings. The van der Waals surface area contributed by atoms with Crippen LogP contribution in [-0.4, -0.2) is 18.5 Å². The van der Waals surface area contributed by atoms with E-state index in [4.69, 9.17) is 9.47 Å². The molecule has 0 bridgehead atoms. The van der Waals surface area contributed by atoms with Gasteiger partial charge in [0.2, 0.25) is 0 Å². The lowest BCUT2D eigenvalue weighted by Crippen LogP contribution is -2.10. The summed E-state index contributed by atoms with van der Waals surface area (Å²) in [6.07, 6.45) is 1.82. The van der Waals surface area contributed by atoms with Gasteiger partial charge in [-0.25, -0.2) is 4.79 Å². The number of carbonyl (C=O) groups is 2. The highest BCUT2D eigenvalue weighted by molar-refractivity contribution is 5.88. The first-order valence-corrected chi connectivity index (χ1v) is 6.29. The molecule has 0 atom stereocenters. The fourth-order valence-electron chi connectivity index (χ4n) is 1.40. The molecule has 0 N–H and O–H groups in total. The van der Waals surface area contributed by atoms with E-state index in [1.54, 1.807) is 0 Å². The third-order valence-corrected chi connectivity index (χ3v) is 2.49. The van der Waals surface area contributed by atoms with Gasteiger partial charge in [-0.2, -0.15) is 0 Å². The van der Waals surface area contributed by atoms with Gasteiger partial charge in [0.1, 0.15) is 13.2 Å². The van der Waals surface area contributed by atoms with Crippen LogP contribution in [-0.2, 0) is 25.7 Å². The van der Waals surface area contributed by atoms with Gasteiger partial charge in [-0.05, 0) is 12.0 Å². The van der Waals surface area contributed by atoms with Gasteiger partial charge < -0.3 is 9.47 Å². The van der Waals surface area contributed by atoms with Crippen LogP contribution in [0.25, 0.3) is 0 Å². The zero-order valence-electron chi connectivity index (χ0n) is 11.3. The van der Waals surface area contributed by atoms with Gasteiger partial charge in [0.15, 0.2) is 0 Å². The highest BCUT2D eigenvalue weighted by Crippen LogP contribution is 2.08. The summed E-state index contributed by atoms with van der Waals surface area (Å²) in [6.45, 7) is 7.42. The van der Waals surface area contributed by atoms with E-state index in [-0.39, 0.29) is 37.6 Å². The topological polar surface area (TPSA) is 52.6 Å². The van der Waals surface area contributed by atoms with Crippen LogP contribution >= 0.6 is 0 Å². The number of benzene rings is 1. The Morgan fingerprint density at radius 1 is 1.10 bits per heavy atom. The first-order valence-electron chi connectivity index (χ1n) is 6.29. The van der Waals surface area contributed by atoms with E-state index in [2.05, 4.69) is 13.2 Å². The third kappa shape index (κ3) is 6.00. The van der Waals surface area contributed by atoms with Crippen molar-refractivity contribution >= 4 is 11.9 Å². The Morgan fingerprint density at radius 2 is 1.80 bits per heavy atom. The summed E-state index contributed by atoms with van der Waals surface area (Å²) in [5, 5.41) is 0. The maximum Gasteiger partial charge on any atom is 0.333 e. The summed E-state index contributed by atoms with van der Waals surface area (Å²) in [6, 6.07) is 9.35. The second-order valence-electron chi connectivity index (χ2n) is 4.14. The van der Waals surface area contributed by atoms with Gasteiger partial charge in [-0.3, -0.25) is 4.79 Å². The van der Waals surface area contributed by atoms with E-state index in [0.29, 0.717) is 0 Å². The van der Waals surface area contributed by atoms with Crippen molar-refractivity contribution < 1.29 is 19.1 Å². The lowest BCUT2D eigenvalue weighted by atomic mass is 10.1. The molecule has 0 heterocycles. The van der Waals surface area contributed by atoms with Crippen LogP contribution in [0.1, 0.15) is 18.4 Å². The molecule has 0 saturated carbocycles. The molecular weight excluding hydrogens is 256 g/mol. The predicted molar refractivity (Wildman–Crippen MR) is 75.8 cm³/mol. The van der Waals surface area contributed by atoms with Crippen LogP contribution in [0, 0.1) is 0 Å². The Hall–Kier alpha value is -2.36. The minimum atomic E-state index is -0.495. The molecule has 0 saturated heterocycles. The summed E-state index contributed by atoms with van der Waals surface area (Å²) in [5.74, 6) is -0.882. The molecule has 0 aromatic heterocycles.